The van der Waals surface area contributed by atoms with Crippen molar-refractivity contribution in [2.24, 2.45) is 0 Å². The fourth-order valence-corrected chi connectivity index (χ4v) is 2.66. The van der Waals surface area contributed by atoms with Crippen LogP contribution in [0.4, 0.5) is 0 Å². The molecular formula is C13H29NO3S. The van der Waals surface area contributed by atoms with Crippen molar-refractivity contribution >= 4 is 10.1 Å². The highest BCUT2D eigenvalue weighted by atomic mass is 32.2. The molecule has 0 amide bonds. The van der Waals surface area contributed by atoms with Crippen molar-refractivity contribution in [1.29, 1.82) is 0 Å². The van der Waals surface area contributed by atoms with Crippen LogP contribution in [0.15, 0.2) is 0 Å². The van der Waals surface area contributed by atoms with E-state index in [2.05, 4.69) is 6.92 Å². The van der Waals surface area contributed by atoms with E-state index in [-0.39, 0.29) is 5.75 Å². The molecule has 0 aromatic heterocycles. The predicted octanol–water partition coefficient (Wildman–Crippen LogP) is 2.65. The van der Waals surface area contributed by atoms with Crippen LogP contribution in [0.25, 0.3) is 0 Å². The molecule has 0 aliphatic heterocycles. The molecular weight excluding hydrogens is 250 g/mol. The minimum atomic E-state index is -3.30. The van der Waals surface area contributed by atoms with Crippen LogP contribution in [0.3, 0.4) is 0 Å². The van der Waals surface area contributed by atoms with Crippen LogP contribution in [0.2, 0.25) is 0 Å². The van der Waals surface area contributed by atoms with Gasteiger partial charge in [0.2, 0.25) is 0 Å². The summed E-state index contributed by atoms with van der Waals surface area (Å²) in [6.45, 7) is 3.31. The first-order chi connectivity index (χ1) is 8.48. The third kappa shape index (κ3) is 12.3. The number of hydrogen-bond acceptors (Lipinski definition) is 4. The van der Waals surface area contributed by atoms with Crippen molar-refractivity contribution in [2.45, 2.75) is 51.9 Å². The molecule has 18 heavy (non-hydrogen) atoms. The Bertz CT molecular complexity index is 276. The van der Waals surface area contributed by atoms with Crippen LogP contribution in [0.1, 0.15) is 51.9 Å². The van der Waals surface area contributed by atoms with Crippen LogP contribution in [0, 0.1) is 0 Å². The Hall–Kier alpha value is -0.130. The Kier molecular flexibility index (Phi) is 10.7. The molecule has 0 saturated heterocycles. The fraction of sp³-hybridized carbons (Fsp3) is 1.00. The molecule has 5 heteroatoms. The van der Waals surface area contributed by atoms with Crippen LogP contribution in [0.5, 0.6) is 0 Å². The summed E-state index contributed by atoms with van der Waals surface area (Å²) in [4.78, 5) is 1.98. The Labute approximate surface area is 113 Å². The van der Waals surface area contributed by atoms with E-state index in [4.69, 9.17) is 4.18 Å². The molecule has 0 unspecified atom stereocenters. The van der Waals surface area contributed by atoms with Gasteiger partial charge in [0.15, 0.2) is 0 Å². The second kappa shape index (κ2) is 10.8. The van der Waals surface area contributed by atoms with Crippen molar-refractivity contribution < 1.29 is 12.6 Å². The lowest BCUT2D eigenvalue weighted by atomic mass is 10.1. The Balaban J connectivity index is 3.47. The summed E-state index contributed by atoms with van der Waals surface area (Å²) in [6.07, 6.45) is 7.46. The first-order valence-corrected chi connectivity index (χ1v) is 8.57. The maximum absolute atomic E-state index is 11.5. The normalized spacial score (nSPS) is 12.2. The van der Waals surface area contributed by atoms with Gasteiger partial charge in [0, 0.05) is 0 Å². The average Bonchev–Trinajstić information content (AvgIpc) is 2.27. The highest BCUT2D eigenvalue weighted by molar-refractivity contribution is 7.86. The maximum atomic E-state index is 11.5. The van der Waals surface area contributed by atoms with Gasteiger partial charge in [0.1, 0.15) is 0 Å². The zero-order valence-corrected chi connectivity index (χ0v) is 13.0. The fourth-order valence-electron chi connectivity index (χ4n) is 1.68. The molecule has 0 aromatic rings. The summed E-state index contributed by atoms with van der Waals surface area (Å²) in [6, 6.07) is 0. The monoisotopic (exact) mass is 279 g/mol. The number of rotatable bonds is 12. The number of nitrogens with zero attached hydrogens (tertiary/aromatic N) is 1. The van der Waals surface area contributed by atoms with Crippen molar-refractivity contribution in [1.82, 2.24) is 4.90 Å². The highest BCUT2D eigenvalue weighted by Crippen LogP contribution is 2.06. The van der Waals surface area contributed by atoms with Crippen LogP contribution < -0.4 is 0 Å². The van der Waals surface area contributed by atoms with E-state index in [1.54, 1.807) is 0 Å². The van der Waals surface area contributed by atoms with Gasteiger partial charge in [-0.1, -0.05) is 39.0 Å². The number of hydrogen-bond donors (Lipinski definition) is 0. The zero-order valence-electron chi connectivity index (χ0n) is 12.2. The molecule has 0 fully saturated rings. The van der Waals surface area contributed by atoms with Crippen molar-refractivity contribution in [3.63, 3.8) is 0 Å². The van der Waals surface area contributed by atoms with Gasteiger partial charge in [-0.25, -0.2) is 0 Å². The lowest BCUT2D eigenvalue weighted by Crippen LogP contribution is -2.18. The minimum absolute atomic E-state index is 0.126. The SMILES string of the molecule is CCCCCCCCOS(=O)(=O)CCCN(C)C. The summed E-state index contributed by atoms with van der Waals surface area (Å²) in [5.41, 5.74) is 0. The Morgan fingerprint density at radius 3 is 2.17 bits per heavy atom. The van der Waals surface area contributed by atoms with Gasteiger partial charge in [-0.3, -0.25) is 4.18 Å². The van der Waals surface area contributed by atoms with Crippen LogP contribution in [-0.2, 0) is 14.3 Å². The molecule has 4 nitrogen and oxygen atoms in total. The summed E-state index contributed by atoms with van der Waals surface area (Å²) in [7, 11) is 0.567. The molecule has 0 saturated carbocycles. The second-order valence-corrected chi connectivity index (χ2v) is 6.77. The van der Waals surface area contributed by atoms with E-state index in [0.717, 1.165) is 19.4 Å². The van der Waals surface area contributed by atoms with Crippen LogP contribution in [-0.4, -0.2) is 46.3 Å². The van der Waals surface area contributed by atoms with Gasteiger partial charge >= 0.3 is 0 Å². The van der Waals surface area contributed by atoms with Gasteiger partial charge in [-0.05, 0) is 33.5 Å². The first kappa shape index (κ1) is 17.9. The Morgan fingerprint density at radius 2 is 1.56 bits per heavy atom. The largest absolute Gasteiger partial charge is 0.309 e. The molecule has 0 rings (SSSR count). The van der Waals surface area contributed by atoms with E-state index in [1.807, 2.05) is 19.0 Å². The first-order valence-electron chi connectivity index (χ1n) is 7.00. The average molecular weight is 279 g/mol. The van der Waals surface area contributed by atoms with E-state index < -0.39 is 10.1 Å². The molecule has 0 heterocycles. The maximum Gasteiger partial charge on any atom is 0.267 e. The third-order valence-corrected chi connectivity index (χ3v) is 4.07. The van der Waals surface area contributed by atoms with Gasteiger partial charge < -0.3 is 4.90 Å². The topological polar surface area (TPSA) is 46.6 Å². The molecule has 110 valence electrons. The van der Waals surface area contributed by atoms with E-state index in [9.17, 15) is 8.42 Å². The van der Waals surface area contributed by atoms with Crippen molar-refractivity contribution in [3.8, 4) is 0 Å². The quantitative estimate of drug-likeness (QED) is 0.407. The molecule has 0 aliphatic rings. The lowest BCUT2D eigenvalue weighted by molar-refractivity contribution is 0.304. The third-order valence-electron chi connectivity index (χ3n) is 2.76. The van der Waals surface area contributed by atoms with Gasteiger partial charge in [0.05, 0.1) is 12.4 Å². The van der Waals surface area contributed by atoms with Crippen molar-refractivity contribution in [3.05, 3.63) is 0 Å². The van der Waals surface area contributed by atoms with Gasteiger partial charge in [-0.2, -0.15) is 8.42 Å². The highest BCUT2D eigenvalue weighted by Gasteiger charge is 2.10. The minimum Gasteiger partial charge on any atom is -0.309 e. The zero-order chi connectivity index (χ0) is 13.9. The van der Waals surface area contributed by atoms with Gasteiger partial charge in [-0.15, -0.1) is 0 Å². The predicted molar refractivity (Wildman–Crippen MR) is 76.3 cm³/mol. The van der Waals surface area contributed by atoms with Crippen LogP contribution >= 0.6 is 0 Å². The molecule has 0 atom stereocenters. The molecule has 0 spiro atoms. The van der Waals surface area contributed by atoms with Gasteiger partial charge in [0.25, 0.3) is 10.1 Å². The molecule has 0 bridgehead atoms. The van der Waals surface area contributed by atoms with E-state index >= 15 is 0 Å². The lowest BCUT2D eigenvalue weighted by Gasteiger charge is -2.09. The summed E-state index contributed by atoms with van der Waals surface area (Å²) in [5, 5.41) is 0. The van der Waals surface area contributed by atoms with E-state index in [0.29, 0.717) is 13.0 Å². The smallest absolute Gasteiger partial charge is 0.267 e. The second-order valence-electron chi connectivity index (χ2n) is 5.01. The molecule has 0 aromatic carbocycles. The molecule has 0 N–H and O–H groups in total. The summed E-state index contributed by atoms with van der Waals surface area (Å²) >= 11 is 0. The van der Waals surface area contributed by atoms with Crippen molar-refractivity contribution in [2.75, 3.05) is 33.0 Å². The van der Waals surface area contributed by atoms with E-state index in [1.165, 1.54) is 25.7 Å². The number of unbranched alkanes of at least 4 members (excludes halogenated alkanes) is 5. The standard InChI is InChI=1S/C13H29NO3S/c1-4-5-6-7-8-9-12-17-18(15,16)13-10-11-14(2)3/h4-13H2,1-3H3. The molecule has 0 aliphatic carbocycles. The molecule has 0 radical (unpaired) electrons. The summed E-state index contributed by atoms with van der Waals surface area (Å²) in [5.74, 6) is 0.126. The Morgan fingerprint density at radius 1 is 0.944 bits per heavy atom. The summed E-state index contributed by atoms with van der Waals surface area (Å²) < 4.78 is 28.0.